The molecule has 3 saturated heterocycles. The van der Waals surface area contributed by atoms with Crippen molar-refractivity contribution in [2.45, 2.75) is 104 Å². The molecule has 0 aromatic carbocycles. The third-order valence-electron chi connectivity index (χ3n) is 8.58. The van der Waals surface area contributed by atoms with Crippen molar-refractivity contribution in [3.05, 3.63) is 0 Å². The molecule has 32 heavy (non-hydrogen) atoms. The number of nitrogens with zero attached hydrogens (tertiary/aromatic N) is 4. The predicted molar refractivity (Wildman–Crippen MR) is 129 cm³/mol. The zero-order valence-electron chi connectivity index (χ0n) is 21.2. The molecule has 0 spiro atoms. The molecule has 2 atom stereocenters. The fraction of sp³-hybridized carbons (Fsp3) is 0.923. The van der Waals surface area contributed by atoms with Crippen molar-refractivity contribution in [2.75, 3.05) is 52.6 Å². The quantitative estimate of drug-likeness (QED) is 0.553. The lowest BCUT2D eigenvalue weighted by Crippen LogP contribution is -2.69. The van der Waals surface area contributed by atoms with Crippen molar-refractivity contribution in [2.24, 2.45) is 0 Å². The van der Waals surface area contributed by atoms with Crippen LogP contribution in [-0.2, 0) is 9.59 Å². The molecule has 0 saturated carbocycles. The van der Waals surface area contributed by atoms with E-state index in [0.717, 1.165) is 76.5 Å². The second-order valence-electron chi connectivity index (χ2n) is 10.6. The van der Waals surface area contributed by atoms with Gasteiger partial charge in [0.15, 0.2) is 13.3 Å². The number of likely N-dealkylation sites (tertiary alicyclic amines) is 2. The highest BCUT2D eigenvalue weighted by molar-refractivity contribution is 5.77. The summed E-state index contributed by atoms with van der Waals surface area (Å²) >= 11 is 0. The van der Waals surface area contributed by atoms with Gasteiger partial charge in [-0.05, 0) is 39.5 Å². The lowest BCUT2D eigenvalue weighted by atomic mass is 10.1. The molecule has 184 valence electrons. The van der Waals surface area contributed by atoms with Gasteiger partial charge in [0.05, 0.1) is 39.1 Å². The van der Waals surface area contributed by atoms with Crippen LogP contribution in [0.25, 0.3) is 0 Å². The molecule has 6 nitrogen and oxygen atoms in total. The van der Waals surface area contributed by atoms with E-state index in [1.54, 1.807) is 0 Å². The topological polar surface area (TPSA) is 40.6 Å². The highest BCUT2D eigenvalue weighted by Crippen LogP contribution is 2.28. The molecule has 0 bridgehead atoms. The number of hydrogen-bond acceptors (Lipinski definition) is 3. The molecule has 3 aliphatic heterocycles. The predicted octanol–water partition coefficient (Wildman–Crippen LogP) is 4.65. The van der Waals surface area contributed by atoms with Crippen molar-refractivity contribution < 1.29 is 18.7 Å². The highest BCUT2D eigenvalue weighted by atomic mass is 16.2. The van der Waals surface area contributed by atoms with E-state index in [1.165, 1.54) is 64.2 Å². The normalized spacial score (nSPS) is 32.4. The van der Waals surface area contributed by atoms with E-state index in [2.05, 4.69) is 23.8 Å². The number of hydrogen-bond donors (Lipinski definition) is 0. The number of carbonyl (C=O) groups is 2. The molecule has 0 aromatic rings. The minimum absolute atomic E-state index is 0.326. The third kappa shape index (κ3) is 6.32. The monoisotopic (exact) mass is 450 g/mol. The van der Waals surface area contributed by atoms with Crippen molar-refractivity contribution in [3.8, 4) is 0 Å². The molecule has 3 fully saturated rings. The van der Waals surface area contributed by atoms with Crippen LogP contribution in [0.3, 0.4) is 0 Å². The lowest BCUT2D eigenvalue weighted by molar-refractivity contribution is -1.07. The summed E-state index contributed by atoms with van der Waals surface area (Å²) in [4.78, 5) is 27.8. The van der Waals surface area contributed by atoms with Crippen LogP contribution in [-0.4, -0.2) is 83.4 Å². The maximum atomic E-state index is 13.0. The van der Waals surface area contributed by atoms with E-state index < -0.39 is 0 Å². The van der Waals surface area contributed by atoms with Gasteiger partial charge in [-0.15, -0.1) is 0 Å². The maximum Gasteiger partial charge on any atom is 0.315 e. The summed E-state index contributed by atoms with van der Waals surface area (Å²) in [6.45, 7) is 12.0. The van der Waals surface area contributed by atoms with Crippen LogP contribution < -0.4 is 0 Å². The fourth-order valence-electron chi connectivity index (χ4n) is 6.25. The number of carbonyl (C=O) groups excluding carboxylic acids is 2. The minimum Gasteiger partial charge on any atom is -0.294 e. The van der Waals surface area contributed by atoms with Gasteiger partial charge in [-0.25, -0.2) is 13.9 Å². The van der Waals surface area contributed by atoms with Crippen molar-refractivity contribution >= 4 is 11.8 Å². The van der Waals surface area contributed by atoms with E-state index in [1.807, 2.05) is 0 Å². The van der Waals surface area contributed by atoms with E-state index >= 15 is 0 Å². The summed E-state index contributed by atoms with van der Waals surface area (Å²) in [6, 6.07) is 0. The Bertz CT molecular complexity index is 613. The van der Waals surface area contributed by atoms with Crippen molar-refractivity contribution in [1.82, 2.24) is 9.91 Å². The molecule has 0 aromatic heterocycles. The Labute approximate surface area is 197 Å². The van der Waals surface area contributed by atoms with Crippen LogP contribution in [0.15, 0.2) is 0 Å². The van der Waals surface area contributed by atoms with Gasteiger partial charge in [0, 0.05) is 19.4 Å². The van der Waals surface area contributed by atoms with Crippen LogP contribution in [0.5, 0.6) is 0 Å². The average molecular weight is 451 g/mol. The van der Waals surface area contributed by atoms with Gasteiger partial charge in [-0.2, -0.15) is 0 Å². The average Bonchev–Trinajstić information content (AvgIpc) is 3.37. The fourth-order valence-corrected chi connectivity index (χ4v) is 6.25. The molecule has 2 unspecified atom stereocenters. The first kappa shape index (κ1) is 25.6. The largest absolute Gasteiger partial charge is 0.315 e. The van der Waals surface area contributed by atoms with Crippen molar-refractivity contribution in [1.29, 1.82) is 0 Å². The molecule has 3 rings (SSSR count). The van der Waals surface area contributed by atoms with Crippen LogP contribution in [0.2, 0.25) is 0 Å². The van der Waals surface area contributed by atoms with Crippen LogP contribution >= 0.6 is 0 Å². The standard InChI is InChI=1S/C26H50N4O2/c1-3-29(21-16-18-26(29)32)24-28-20-13-11-9-7-5-6-8-10-12-14-22-30(28,4-2)23-27-19-15-17-25(27)31/h3-24H2,1-2H3/q+2. The van der Waals surface area contributed by atoms with Gasteiger partial charge in [-0.1, -0.05) is 50.0 Å². The molecular weight excluding hydrogens is 400 g/mol. The summed E-state index contributed by atoms with van der Waals surface area (Å²) in [5.41, 5.74) is 0. The first-order valence-electron chi connectivity index (χ1n) is 13.8. The molecule has 0 aliphatic carbocycles. The number of rotatable bonds is 6. The van der Waals surface area contributed by atoms with Gasteiger partial charge in [-0.3, -0.25) is 9.69 Å². The van der Waals surface area contributed by atoms with Gasteiger partial charge in [0.25, 0.3) is 0 Å². The maximum absolute atomic E-state index is 13.0. The highest BCUT2D eigenvalue weighted by Gasteiger charge is 2.47. The van der Waals surface area contributed by atoms with Crippen molar-refractivity contribution in [3.63, 3.8) is 0 Å². The van der Waals surface area contributed by atoms with E-state index in [4.69, 9.17) is 0 Å². The Morgan fingerprint density at radius 1 is 0.656 bits per heavy atom. The van der Waals surface area contributed by atoms with E-state index in [9.17, 15) is 9.59 Å². The van der Waals surface area contributed by atoms with Crippen LogP contribution in [0.1, 0.15) is 104 Å². The molecule has 3 aliphatic rings. The SMILES string of the molecule is CC[N+]1(CN2CCCCCCCCCCCC[N+]2(CC)CN2CCCC2=O)CCCC1=O. The molecule has 0 radical (unpaired) electrons. The summed E-state index contributed by atoms with van der Waals surface area (Å²) in [5, 5.41) is 2.66. The zero-order chi connectivity index (χ0) is 22.9. The summed E-state index contributed by atoms with van der Waals surface area (Å²) in [5.74, 6) is 0.755. The molecule has 2 amide bonds. The zero-order valence-corrected chi connectivity index (χ0v) is 21.2. The smallest absolute Gasteiger partial charge is 0.294 e. The molecular formula is C26H50N4O2+2. The van der Waals surface area contributed by atoms with Crippen LogP contribution in [0.4, 0.5) is 0 Å². The van der Waals surface area contributed by atoms with E-state index in [-0.39, 0.29) is 0 Å². The second kappa shape index (κ2) is 12.5. The third-order valence-corrected chi connectivity index (χ3v) is 8.58. The summed E-state index contributed by atoms with van der Waals surface area (Å²) < 4.78 is 1.48. The molecule has 0 N–H and O–H groups in total. The minimum atomic E-state index is 0.326. The lowest BCUT2D eigenvalue weighted by Gasteiger charge is -2.49. The Hall–Kier alpha value is -0.980. The van der Waals surface area contributed by atoms with Gasteiger partial charge in [0.1, 0.15) is 0 Å². The number of quaternary nitrogens is 2. The number of amides is 2. The van der Waals surface area contributed by atoms with Gasteiger partial charge in [0.2, 0.25) is 5.91 Å². The van der Waals surface area contributed by atoms with Gasteiger partial charge >= 0.3 is 5.91 Å². The second-order valence-corrected chi connectivity index (χ2v) is 10.6. The van der Waals surface area contributed by atoms with Gasteiger partial charge < -0.3 is 0 Å². The summed E-state index contributed by atoms with van der Waals surface area (Å²) in [7, 11) is 0. The summed E-state index contributed by atoms with van der Waals surface area (Å²) in [6.07, 6.45) is 16.6. The Morgan fingerprint density at radius 2 is 1.31 bits per heavy atom. The first-order chi connectivity index (χ1) is 15.6. The van der Waals surface area contributed by atoms with E-state index in [0.29, 0.717) is 22.7 Å². The van der Waals surface area contributed by atoms with Crippen LogP contribution in [0, 0.1) is 0 Å². The first-order valence-corrected chi connectivity index (χ1v) is 13.8. The Morgan fingerprint density at radius 3 is 1.84 bits per heavy atom. The molecule has 3 heterocycles. The Kier molecular flexibility index (Phi) is 9.99. The molecule has 6 heteroatoms. The Balaban J connectivity index is 1.86.